The smallest absolute Gasteiger partial charge is 0.237 e. The molecule has 6 heteroatoms. The minimum absolute atomic E-state index is 0.0903. The first-order valence-electron chi connectivity index (χ1n) is 6.28. The number of nitrogens with zero attached hydrogens (tertiary/aromatic N) is 4. The molecule has 0 amide bonds. The average molecular weight is 261 g/mol. The Morgan fingerprint density at radius 2 is 2.16 bits per heavy atom. The molecule has 0 aliphatic rings. The maximum absolute atomic E-state index is 5.65. The molecule has 0 bridgehead atoms. The molecule has 0 spiro atoms. The molecule has 19 heavy (non-hydrogen) atoms. The predicted octanol–water partition coefficient (Wildman–Crippen LogP) is 1.92. The van der Waals surface area contributed by atoms with Crippen LogP contribution in [0.2, 0.25) is 0 Å². The lowest BCUT2D eigenvalue weighted by Gasteiger charge is -2.13. The Kier molecular flexibility index (Phi) is 3.99. The average Bonchev–Trinajstić information content (AvgIpc) is 2.68. The topological polar surface area (TPSA) is 64.9 Å². The summed E-state index contributed by atoms with van der Waals surface area (Å²) in [5.74, 6) is 2.37. The van der Waals surface area contributed by atoms with Crippen LogP contribution < -0.4 is 10.1 Å². The lowest BCUT2D eigenvalue weighted by molar-refractivity contribution is 0.234. The molecule has 0 unspecified atom stereocenters. The minimum atomic E-state index is 0.0903. The fourth-order valence-electron chi connectivity index (χ4n) is 1.62. The van der Waals surface area contributed by atoms with Crippen molar-refractivity contribution in [3.8, 4) is 5.88 Å². The Bertz CT molecular complexity index is 550. The Labute approximate surface area is 112 Å². The van der Waals surface area contributed by atoms with E-state index in [2.05, 4.69) is 20.5 Å². The number of anilines is 1. The summed E-state index contributed by atoms with van der Waals surface area (Å²) in [4.78, 5) is 4.23. The van der Waals surface area contributed by atoms with Crippen molar-refractivity contribution in [3.63, 3.8) is 0 Å². The van der Waals surface area contributed by atoms with Gasteiger partial charge in [-0.1, -0.05) is 0 Å². The van der Waals surface area contributed by atoms with Crippen LogP contribution in [-0.4, -0.2) is 25.9 Å². The van der Waals surface area contributed by atoms with Crippen LogP contribution >= 0.6 is 0 Å². The Morgan fingerprint density at radius 1 is 1.37 bits per heavy atom. The largest absolute Gasteiger partial charge is 0.473 e. The highest BCUT2D eigenvalue weighted by atomic mass is 16.5. The van der Waals surface area contributed by atoms with Crippen molar-refractivity contribution in [1.29, 1.82) is 0 Å². The number of rotatable bonds is 5. The van der Waals surface area contributed by atoms with Crippen LogP contribution in [0.5, 0.6) is 5.88 Å². The van der Waals surface area contributed by atoms with E-state index in [0.717, 1.165) is 17.3 Å². The second-order valence-electron chi connectivity index (χ2n) is 4.60. The number of ether oxygens (including phenoxy) is 1. The number of hydrogen-bond acceptors (Lipinski definition) is 5. The molecule has 2 rings (SSSR count). The minimum Gasteiger partial charge on any atom is -0.473 e. The van der Waals surface area contributed by atoms with Crippen LogP contribution in [0.3, 0.4) is 0 Å². The Morgan fingerprint density at radius 3 is 2.79 bits per heavy atom. The van der Waals surface area contributed by atoms with Gasteiger partial charge in [0.1, 0.15) is 5.82 Å². The van der Waals surface area contributed by atoms with Gasteiger partial charge in [0.05, 0.1) is 18.3 Å². The van der Waals surface area contributed by atoms with Gasteiger partial charge in [0, 0.05) is 13.2 Å². The molecular weight excluding hydrogens is 242 g/mol. The van der Waals surface area contributed by atoms with E-state index in [0.29, 0.717) is 12.4 Å². The van der Waals surface area contributed by atoms with E-state index in [1.54, 1.807) is 6.20 Å². The summed E-state index contributed by atoms with van der Waals surface area (Å²) in [7, 11) is 1.95. The molecule has 0 aromatic carbocycles. The Hall–Kier alpha value is -2.11. The molecule has 2 aromatic rings. The van der Waals surface area contributed by atoms with Gasteiger partial charge in [0.15, 0.2) is 5.82 Å². The second-order valence-corrected chi connectivity index (χ2v) is 4.60. The fourth-order valence-corrected chi connectivity index (χ4v) is 1.62. The third kappa shape index (κ3) is 3.21. The van der Waals surface area contributed by atoms with Gasteiger partial charge < -0.3 is 14.6 Å². The normalized spacial score (nSPS) is 10.8. The summed E-state index contributed by atoms with van der Waals surface area (Å²) in [5.41, 5.74) is 0.858. The molecule has 102 valence electrons. The maximum atomic E-state index is 5.65. The zero-order valence-electron chi connectivity index (χ0n) is 11.7. The van der Waals surface area contributed by atoms with Gasteiger partial charge in [-0.15, -0.1) is 10.2 Å². The van der Waals surface area contributed by atoms with Crippen molar-refractivity contribution in [3.05, 3.63) is 30.0 Å². The van der Waals surface area contributed by atoms with Crippen molar-refractivity contribution in [2.45, 2.75) is 33.4 Å². The highest BCUT2D eigenvalue weighted by Gasteiger charge is 2.09. The predicted molar refractivity (Wildman–Crippen MR) is 73.1 cm³/mol. The van der Waals surface area contributed by atoms with Crippen molar-refractivity contribution in [1.82, 2.24) is 19.7 Å². The molecule has 0 fully saturated rings. The van der Waals surface area contributed by atoms with Crippen LogP contribution in [0.25, 0.3) is 0 Å². The zero-order chi connectivity index (χ0) is 13.8. The molecule has 2 aromatic heterocycles. The van der Waals surface area contributed by atoms with Gasteiger partial charge in [0.25, 0.3) is 0 Å². The van der Waals surface area contributed by atoms with Gasteiger partial charge in [-0.2, -0.15) is 0 Å². The van der Waals surface area contributed by atoms with E-state index < -0.39 is 0 Å². The molecule has 0 aliphatic heterocycles. The third-order valence-electron chi connectivity index (χ3n) is 2.74. The zero-order valence-corrected chi connectivity index (χ0v) is 11.7. The molecule has 0 aliphatic carbocycles. The molecule has 0 atom stereocenters. The molecule has 6 nitrogen and oxygen atoms in total. The highest BCUT2D eigenvalue weighted by molar-refractivity contribution is 5.52. The number of aryl methyl sites for hydroxylation is 1. The summed E-state index contributed by atoms with van der Waals surface area (Å²) in [5, 5.41) is 11.4. The number of aromatic nitrogens is 4. The van der Waals surface area contributed by atoms with Crippen LogP contribution in [-0.2, 0) is 13.6 Å². The van der Waals surface area contributed by atoms with Crippen LogP contribution in [0, 0.1) is 6.92 Å². The monoisotopic (exact) mass is 261 g/mol. The first kappa shape index (κ1) is 13.3. The van der Waals surface area contributed by atoms with Crippen LogP contribution in [0.4, 0.5) is 5.69 Å². The van der Waals surface area contributed by atoms with Gasteiger partial charge in [-0.25, -0.2) is 4.98 Å². The first-order chi connectivity index (χ1) is 9.08. The van der Waals surface area contributed by atoms with E-state index in [-0.39, 0.29) is 6.10 Å². The summed E-state index contributed by atoms with van der Waals surface area (Å²) >= 11 is 0. The maximum Gasteiger partial charge on any atom is 0.237 e. The third-order valence-corrected chi connectivity index (χ3v) is 2.74. The SMILES string of the molecule is Cc1nnc(CNc2cccnc2OC(C)C)n1C. The standard InChI is InChI=1S/C13H19N5O/c1-9(2)19-13-11(6-5-7-14-13)15-8-12-17-16-10(3)18(12)4/h5-7,9,15H,8H2,1-4H3. The van der Waals surface area contributed by atoms with Gasteiger partial charge in [0.2, 0.25) is 5.88 Å². The van der Waals surface area contributed by atoms with E-state index in [9.17, 15) is 0 Å². The lowest BCUT2D eigenvalue weighted by atomic mass is 10.4. The van der Waals surface area contributed by atoms with Crippen LogP contribution in [0.15, 0.2) is 18.3 Å². The van der Waals surface area contributed by atoms with Crippen molar-refractivity contribution < 1.29 is 4.74 Å². The van der Waals surface area contributed by atoms with Gasteiger partial charge >= 0.3 is 0 Å². The van der Waals surface area contributed by atoms with Crippen molar-refractivity contribution >= 4 is 5.69 Å². The number of pyridine rings is 1. The van der Waals surface area contributed by atoms with E-state index >= 15 is 0 Å². The first-order valence-corrected chi connectivity index (χ1v) is 6.28. The summed E-state index contributed by atoms with van der Waals surface area (Å²) < 4.78 is 7.60. The molecule has 0 radical (unpaired) electrons. The molecule has 0 saturated heterocycles. The highest BCUT2D eigenvalue weighted by Crippen LogP contribution is 2.22. The quantitative estimate of drug-likeness (QED) is 0.890. The molecular formula is C13H19N5O. The summed E-state index contributed by atoms with van der Waals surface area (Å²) in [6, 6.07) is 3.81. The second kappa shape index (κ2) is 5.69. The number of nitrogens with one attached hydrogen (secondary N) is 1. The van der Waals surface area contributed by atoms with E-state index in [1.807, 2.05) is 44.5 Å². The molecule has 1 N–H and O–H groups in total. The number of hydrogen-bond donors (Lipinski definition) is 1. The summed E-state index contributed by atoms with van der Waals surface area (Å²) in [6.45, 7) is 6.46. The van der Waals surface area contributed by atoms with E-state index in [1.165, 1.54) is 0 Å². The van der Waals surface area contributed by atoms with E-state index in [4.69, 9.17) is 4.74 Å². The van der Waals surface area contributed by atoms with Gasteiger partial charge in [-0.05, 0) is 32.9 Å². The fraction of sp³-hybridized carbons (Fsp3) is 0.462. The summed E-state index contributed by atoms with van der Waals surface area (Å²) in [6.07, 6.45) is 1.81. The lowest BCUT2D eigenvalue weighted by Crippen LogP contribution is -2.11. The van der Waals surface area contributed by atoms with Crippen molar-refractivity contribution in [2.75, 3.05) is 5.32 Å². The van der Waals surface area contributed by atoms with Crippen molar-refractivity contribution in [2.24, 2.45) is 7.05 Å². The Balaban J connectivity index is 2.09. The van der Waals surface area contributed by atoms with Crippen LogP contribution in [0.1, 0.15) is 25.5 Å². The molecule has 0 saturated carbocycles. The molecule has 2 heterocycles. The van der Waals surface area contributed by atoms with Gasteiger partial charge in [-0.3, -0.25) is 0 Å².